The average molecular weight is 631 g/mol. The molecule has 246 valence electrons. The minimum Gasteiger partial charge on any atom is -0.481 e. The summed E-state index contributed by atoms with van der Waals surface area (Å²) in [7, 11) is 0. The Morgan fingerprint density at radius 1 is 0.935 bits per heavy atom. The number of carboxylic acid groups (broad SMARTS) is 1. The summed E-state index contributed by atoms with van der Waals surface area (Å²) in [6.07, 6.45) is 6.66. The highest BCUT2D eigenvalue weighted by atomic mass is 16.6. The van der Waals surface area contributed by atoms with E-state index >= 15 is 0 Å². The van der Waals surface area contributed by atoms with Crippen molar-refractivity contribution in [3.63, 3.8) is 0 Å². The second kappa shape index (κ2) is 13.7. The summed E-state index contributed by atoms with van der Waals surface area (Å²) in [6.45, 7) is 1.80. The number of rotatable bonds is 12. The quantitative estimate of drug-likeness (QED) is 0.223. The molecule has 0 spiro atoms. The molecule has 46 heavy (non-hydrogen) atoms. The minimum atomic E-state index is -1.30. The summed E-state index contributed by atoms with van der Waals surface area (Å²) in [4.78, 5) is 51.3. The maximum atomic E-state index is 14.1. The van der Waals surface area contributed by atoms with Crippen molar-refractivity contribution >= 4 is 29.6 Å². The minimum absolute atomic E-state index is 0.0600. The van der Waals surface area contributed by atoms with E-state index in [0.717, 1.165) is 61.6 Å². The van der Waals surface area contributed by atoms with Crippen LogP contribution in [0.4, 0.5) is 10.5 Å². The molecule has 4 bridgehead atoms. The molecule has 1 aliphatic heterocycles. The van der Waals surface area contributed by atoms with Gasteiger partial charge in [-0.1, -0.05) is 48.5 Å². The fraction of sp³-hybridized carbons (Fsp3) is 0.556. The number of alkyl carbamates (subject to hydrolysis) is 1. The lowest BCUT2D eigenvalue weighted by Gasteiger charge is -2.53. The molecular weight excluding hydrogens is 584 g/mol. The van der Waals surface area contributed by atoms with Gasteiger partial charge in [0.2, 0.25) is 11.8 Å². The third kappa shape index (κ3) is 7.48. The van der Waals surface area contributed by atoms with Crippen LogP contribution in [-0.4, -0.2) is 53.2 Å². The maximum Gasteiger partial charge on any atom is 0.408 e. The molecule has 4 saturated carbocycles. The van der Waals surface area contributed by atoms with Crippen LogP contribution >= 0.6 is 0 Å². The zero-order chi connectivity index (χ0) is 32.3. The number of aliphatic carboxylic acids is 1. The number of fused-ring (bicyclic) bond motifs is 1. The molecule has 1 heterocycles. The predicted molar refractivity (Wildman–Crippen MR) is 173 cm³/mol. The van der Waals surface area contributed by atoms with E-state index in [1.165, 1.54) is 12.0 Å². The molecule has 2 aromatic carbocycles. The summed E-state index contributed by atoms with van der Waals surface area (Å²) < 4.78 is 6.16. The number of amides is 3. The monoisotopic (exact) mass is 630 g/mol. The Balaban J connectivity index is 1.16. The highest BCUT2D eigenvalue weighted by molar-refractivity contribution is 5.90. The van der Waals surface area contributed by atoms with E-state index in [1.807, 2.05) is 48.5 Å². The lowest BCUT2D eigenvalue weighted by atomic mass is 9.55. The van der Waals surface area contributed by atoms with Crippen molar-refractivity contribution in [3.05, 3.63) is 65.7 Å². The van der Waals surface area contributed by atoms with Gasteiger partial charge in [-0.05, 0) is 99.2 Å². The van der Waals surface area contributed by atoms with Crippen molar-refractivity contribution in [2.75, 3.05) is 11.9 Å². The normalized spacial score (nSPS) is 27.7. The van der Waals surface area contributed by atoms with Gasteiger partial charge in [-0.2, -0.15) is 0 Å². The topological polar surface area (TPSA) is 146 Å². The molecule has 2 aromatic rings. The second-order valence-electron chi connectivity index (χ2n) is 14.1. The highest BCUT2D eigenvalue weighted by Gasteiger charge is 2.50. The van der Waals surface area contributed by atoms with Crippen LogP contribution in [0.3, 0.4) is 0 Å². The van der Waals surface area contributed by atoms with Crippen LogP contribution < -0.4 is 21.3 Å². The van der Waals surface area contributed by atoms with Crippen LogP contribution in [0.1, 0.15) is 81.9 Å². The zero-order valence-electron chi connectivity index (χ0n) is 26.5. The highest BCUT2D eigenvalue weighted by Crippen LogP contribution is 2.54. The van der Waals surface area contributed by atoms with Crippen LogP contribution in [0.15, 0.2) is 54.6 Å². The van der Waals surface area contributed by atoms with E-state index in [-0.39, 0.29) is 37.4 Å². The number of para-hydroxylation sites is 1. The maximum absolute atomic E-state index is 14.1. The first kappa shape index (κ1) is 31.9. The van der Waals surface area contributed by atoms with Gasteiger partial charge in [0.1, 0.15) is 11.6 Å². The first-order valence-electron chi connectivity index (χ1n) is 16.8. The Morgan fingerprint density at radius 3 is 2.30 bits per heavy atom. The molecule has 4 aliphatic carbocycles. The van der Waals surface area contributed by atoms with Crippen molar-refractivity contribution in [1.29, 1.82) is 0 Å². The summed E-state index contributed by atoms with van der Waals surface area (Å²) >= 11 is 0. The zero-order valence-corrected chi connectivity index (χ0v) is 26.5. The summed E-state index contributed by atoms with van der Waals surface area (Å²) in [5.74, 6) is 0.449. The van der Waals surface area contributed by atoms with E-state index in [9.17, 15) is 19.2 Å². The van der Waals surface area contributed by atoms with Crippen molar-refractivity contribution in [3.8, 4) is 0 Å². The number of hydrogen-bond acceptors (Lipinski definition) is 6. The van der Waals surface area contributed by atoms with Crippen molar-refractivity contribution in [2.24, 2.45) is 23.7 Å². The SMILES string of the molecule is CC(CC1CCc2ccccc2N1)(NC(=O)OC1C2CC3CC(C2)CC1C3)C(=O)NCC(NC(=O)CCC(=O)O)c1ccccc1. The predicted octanol–water partition coefficient (Wildman–Crippen LogP) is 4.95. The standard InChI is InChI=1S/C36H46N4O6/c1-36(20-28-12-11-25-9-5-6-10-29(25)38-28,40-35(45)46-33-26-16-22-15-23(18-26)19-27(33)17-22)34(44)37-21-30(24-7-3-2-4-8-24)39-31(41)13-14-32(42)43/h2-10,22-23,26-28,30,33,38H,11-21H2,1H3,(H,37,44)(H,39,41)(H,40,45)(H,42,43). The average Bonchev–Trinajstić information content (AvgIpc) is 3.03. The van der Waals surface area contributed by atoms with Gasteiger partial charge in [0, 0.05) is 24.7 Å². The van der Waals surface area contributed by atoms with Gasteiger partial charge in [-0.15, -0.1) is 0 Å². The first-order chi connectivity index (χ1) is 22.1. The number of aryl methyl sites for hydroxylation is 1. The molecular formula is C36H46N4O6. The number of ether oxygens (including phenoxy) is 1. The number of carbonyl (C=O) groups excluding carboxylic acids is 3. The molecule has 0 aromatic heterocycles. The smallest absolute Gasteiger partial charge is 0.408 e. The Bertz CT molecular complexity index is 1400. The molecule has 5 N–H and O–H groups in total. The first-order valence-corrected chi connectivity index (χ1v) is 16.8. The van der Waals surface area contributed by atoms with Crippen molar-refractivity contribution < 1.29 is 29.0 Å². The molecule has 0 radical (unpaired) electrons. The van der Waals surface area contributed by atoms with Gasteiger partial charge in [-0.3, -0.25) is 14.4 Å². The fourth-order valence-corrected chi connectivity index (χ4v) is 8.61. The fourth-order valence-electron chi connectivity index (χ4n) is 8.61. The lowest BCUT2D eigenvalue weighted by molar-refractivity contribution is -0.138. The number of carbonyl (C=O) groups is 4. The van der Waals surface area contributed by atoms with Crippen LogP contribution in [0.25, 0.3) is 0 Å². The molecule has 5 aliphatic rings. The van der Waals surface area contributed by atoms with Crippen molar-refractivity contribution in [2.45, 2.75) is 94.9 Å². The number of anilines is 1. The Hall–Kier alpha value is -4.08. The number of carboxylic acids is 1. The molecule has 3 amide bonds. The molecule has 7 rings (SSSR count). The van der Waals surface area contributed by atoms with Crippen LogP contribution in [-0.2, 0) is 25.5 Å². The Kier molecular flexibility index (Phi) is 9.52. The van der Waals surface area contributed by atoms with Gasteiger partial charge in [0.15, 0.2) is 0 Å². The molecule has 10 nitrogen and oxygen atoms in total. The van der Waals surface area contributed by atoms with Crippen LogP contribution in [0, 0.1) is 23.7 Å². The number of hydrogen-bond donors (Lipinski definition) is 5. The van der Waals surface area contributed by atoms with E-state index in [4.69, 9.17) is 9.84 Å². The molecule has 0 saturated heterocycles. The third-order valence-electron chi connectivity index (χ3n) is 10.6. The van der Waals surface area contributed by atoms with E-state index in [0.29, 0.717) is 18.3 Å². The molecule has 10 heteroatoms. The molecule has 3 atom stereocenters. The van der Waals surface area contributed by atoms with Crippen LogP contribution in [0.5, 0.6) is 0 Å². The third-order valence-corrected chi connectivity index (χ3v) is 10.6. The lowest BCUT2D eigenvalue weighted by Crippen LogP contribution is -2.61. The largest absolute Gasteiger partial charge is 0.481 e. The second-order valence-corrected chi connectivity index (χ2v) is 14.1. The van der Waals surface area contributed by atoms with Gasteiger partial charge in [-0.25, -0.2) is 4.79 Å². The Morgan fingerprint density at radius 2 is 1.61 bits per heavy atom. The van der Waals surface area contributed by atoms with Crippen LogP contribution in [0.2, 0.25) is 0 Å². The van der Waals surface area contributed by atoms with Gasteiger partial charge in [0.05, 0.1) is 12.5 Å². The number of benzene rings is 2. The van der Waals surface area contributed by atoms with E-state index < -0.39 is 29.6 Å². The van der Waals surface area contributed by atoms with Gasteiger partial charge in [0.25, 0.3) is 0 Å². The van der Waals surface area contributed by atoms with E-state index in [2.05, 4.69) is 27.3 Å². The molecule has 3 unspecified atom stereocenters. The summed E-state index contributed by atoms with van der Waals surface area (Å²) in [6, 6.07) is 16.7. The Labute approximate surface area is 270 Å². The van der Waals surface area contributed by atoms with Gasteiger partial charge < -0.3 is 31.1 Å². The molecule has 4 fully saturated rings. The number of nitrogens with one attached hydrogen (secondary N) is 4. The van der Waals surface area contributed by atoms with Crippen molar-refractivity contribution in [1.82, 2.24) is 16.0 Å². The summed E-state index contributed by atoms with van der Waals surface area (Å²) in [5.41, 5.74) is 1.73. The summed E-state index contributed by atoms with van der Waals surface area (Å²) in [5, 5.41) is 21.4. The van der Waals surface area contributed by atoms with E-state index in [1.54, 1.807) is 6.92 Å². The van der Waals surface area contributed by atoms with Gasteiger partial charge >= 0.3 is 12.1 Å².